The van der Waals surface area contributed by atoms with Crippen molar-refractivity contribution in [2.24, 2.45) is 5.92 Å². The lowest BCUT2D eigenvalue weighted by Crippen LogP contribution is -2.31. The molecule has 2 N–H and O–H groups in total. The highest BCUT2D eigenvalue weighted by atomic mass is 16.3. The Morgan fingerprint density at radius 3 is 2.79 bits per heavy atom. The molecule has 0 amide bonds. The number of hydrogen-bond acceptors (Lipinski definition) is 2. The molecule has 0 spiro atoms. The predicted molar refractivity (Wildman–Crippen MR) is 55.9 cm³/mol. The van der Waals surface area contributed by atoms with Crippen LogP contribution in [0.5, 0.6) is 5.75 Å². The summed E-state index contributed by atoms with van der Waals surface area (Å²) in [5.74, 6) is 0.187. The summed E-state index contributed by atoms with van der Waals surface area (Å²) >= 11 is 0. The average Bonchev–Trinajstić information content (AvgIpc) is 2.11. The minimum Gasteiger partial charge on any atom is -0.508 e. The van der Waals surface area contributed by atoms with Gasteiger partial charge < -0.3 is 10.2 Å². The molecule has 2 heteroatoms. The molecule has 2 atom stereocenters. The third-order valence-electron chi connectivity index (χ3n) is 3.03. The van der Waals surface area contributed by atoms with Gasteiger partial charge in [0.25, 0.3) is 0 Å². The highest BCUT2D eigenvalue weighted by molar-refractivity contribution is 5.62. The van der Waals surface area contributed by atoms with Crippen molar-refractivity contribution >= 4 is 6.08 Å². The summed E-state index contributed by atoms with van der Waals surface area (Å²) in [5.41, 5.74) is 0.554. The van der Waals surface area contributed by atoms with Crippen molar-refractivity contribution in [3.8, 4) is 5.75 Å². The standard InChI is InChI=1S/C12H14O2/c1-8-6-7-9-4-3-5-10(13)11(9)12(8,2)14/h3-8,13-14H,1-2H3. The molecule has 0 aliphatic heterocycles. The fourth-order valence-electron chi connectivity index (χ4n) is 1.91. The summed E-state index contributed by atoms with van der Waals surface area (Å²) in [6, 6.07) is 5.29. The highest BCUT2D eigenvalue weighted by Gasteiger charge is 2.35. The molecule has 0 saturated carbocycles. The van der Waals surface area contributed by atoms with Crippen LogP contribution in [0.15, 0.2) is 24.3 Å². The Bertz CT molecular complexity index is 391. The van der Waals surface area contributed by atoms with Crippen molar-refractivity contribution in [1.29, 1.82) is 0 Å². The van der Waals surface area contributed by atoms with Crippen molar-refractivity contribution in [3.05, 3.63) is 35.4 Å². The predicted octanol–water partition coefficient (Wildman–Crippen LogP) is 2.26. The minimum absolute atomic E-state index is 0.0169. The second-order valence-corrected chi connectivity index (χ2v) is 4.04. The molecular formula is C12H14O2. The van der Waals surface area contributed by atoms with Crippen LogP contribution in [0.4, 0.5) is 0 Å². The lowest BCUT2D eigenvalue weighted by molar-refractivity contribution is 0.0168. The number of rotatable bonds is 0. The lowest BCUT2D eigenvalue weighted by atomic mass is 9.77. The highest BCUT2D eigenvalue weighted by Crippen LogP contribution is 2.41. The van der Waals surface area contributed by atoms with Gasteiger partial charge in [-0.05, 0) is 18.6 Å². The summed E-state index contributed by atoms with van der Waals surface area (Å²) in [5, 5.41) is 20.0. The van der Waals surface area contributed by atoms with E-state index < -0.39 is 5.60 Å². The van der Waals surface area contributed by atoms with E-state index in [1.54, 1.807) is 19.1 Å². The zero-order chi connectivity index (χ0) is 10.3. The van der Waals surface area contributed by atoms with Crippen LogP contribution in [0.1, 0.15) is 25.0 Å². The fourth-order valence-corrected chi connectivity index (χ4v) is 1.91. The van der Waals surface area contributed by atoms with Crippen LogP contribution in [0, 0.1) is 5.92 Å². The first-order valence-electron chi connectivity index (χ1n) is 4.76. The van der Waals surface area contributed by atoms with E-state index in [0.29, 0.717) is 5.56 Å². The zero-order valence-corrected chi connectivity index (χ0v) is 8.36. The third-order valence-corrected chi connectivity index (χ3v) is 3.03. The van der Waals surface area contributed by atoms with E-state index in [2.05, 4.69) is 0 Å². The largest absolute Gasteiger partial charge is 0.508 e. The summed E-state index contributed by atoms with van der Waals surface area (Å²) in [6.07, 6.45) is 3.90. The van der Waals surface area contributed by atoms with E-state index in [1.807, 2.05) is 25.1 Å². The number of aliphatic hydroxyl groups is 1. The van der Waals surface area contributed by atoms with E-state index in [9.17, 15) is 10.2 Å². The molecule has 2 nitrogen and oxygen atoms in total. The first kappa shape index (κ1) is 9.28. The van der Waals surface area contributed by atoms with Crippen molar-refractivity contribution in [3.63, 3.8) is 0 Å². The van der Waals surface area contributed by atoms with Gasteiger partial charge in [0, 0.05) is 11.5 Å². The zero-order valence-electron chi connectivity index (χ0n) is 8.36. The number of phenols is 1. The Labute approximate surface area is 83.5 Å². The fraction of sp³-hybridized carbons (Fsp3) is 0.333. The van der Waals surface area contributed by atoms with E-state index in [1.165, 1.54) is 0 Å². The molecule has 1 aliphatic rings. The number of aromatic hydroxyl groups is 1. The Morgan fingerprint density at radius 2 is 2.07 bits per heavy atom. The molecule has 1 aromatic carbocycles. The van der Waals surface area contributed by atoms with Gasteiger partial charge in [-0.25, -0.2) is 0 Å². The summed E-state index contributed by atoms with van der Waals surface area (Å²) < 4.78 is 0. The van der Waals surface area contributed by atoms with Crippen molar-refractivity contribution < 1.29 is 10.2 Å². The van der Waals surface area contributed by atoms with Crippen LogP contribution in [-0.4, -0.2) is 10.2 Å². The van der Waals surface area contributed by atoms with Gasteiger partial charge in [-0.3, -0.25) is 0 Å². The minimum atomic E-state index is -0.977. The Balaban J connectivity index is 2.69. The van der Waals surface area contributed by atoms with Gasteiger partial charge in [-0.1, -0.05) is 31.2 Å². The first-order chi connectivity index (χ1) is 6.53. The topological polar surface area (TPSA) is 40.5 Å². The number of benzene rings is 1. The molecule has 74 valence electrons. The van der Waals surface area contributed by atoms with Gasteiger partial charge in [0.05, 0.1) is 5.60 Å². The Hall–Kier alpha value is -1.28. The SMILES string of the molecule is CC1C=Cc2cccc(O)c2C1(C)O. The summed E-state index contributed by atoms with van der Waals surface area (Å²) in [4.78, 5) is 0. The molecule has 2 unspecified atom stereocenters. The van der Waals surface area contributed by atoms with Gasteiger partial charge >= 0.3 is 0 Å². The maximum absolute atomic E-state index is 10.3. The number of phenolic OH excluding ortho intramolecular Hbond substituents is 1. The number of fused-ring (bicyclic) bond motifs is 1. The molecule has 0 radical (unpaired) electrons. The molecule has 0 bridgehead atoms. The maximum atomic E-state index is 10.3. The van der Waals surface area contributed by atoms with Crippen LogP contribution >= 0.6 is 0 Å². The van der Waals surface area contributed by atoms with E-state index in [-0.39, 0.29) is 11.7 Å². The Kier molecular flexibility index (Phi) is 1.89. The van der Waals surface area contributed by atoms with Gasteiger partial charge in [0.2, 0.25) is 0 Å². The van der Waals surface area contributed by atoms with E-state index in [0.717, 1.165) is 5.56 Å². The molecule has 2 rings (SSSR count). The second kappa shape index (κ2) is 2.85. The van der Waals surface area contributed by atoms with Crippen molar-refractivity contribution in [2.45, 2.75) is 19.4 Å². The summed E-state index contributed by atoms with van der Waals surface area (Å²) in [7, 11) is 0. The average molecular weight is 190 g/mol. The molecule has 1 aromatic rings. The quantitative estimate of drug-likeness (QED) is 0.658. The number of hydrogen-bond donors (Lipinski definition) is 2. The molecule has 14 heavy (non-hydrogen) atoms. The van der Waals surface area contributed by atoms with E-state index in [4.69, 9.17) is 0 Å². The molecular weight excluding hydrogens is 176 g/mol. The van der Waals surface area contributed by atoms with Crippen molar-refractivity contribution in [1.82, 2.24) is 0 Å². The molecule has 0 fully saturated rings. The van der Waals surface area contributed by atoms with Crippen LogP contribution in [0.3, 0.4) is 0 Å². The smallest absolute Gasteiger partial charge is 0.122 e. The lowest BCUT2D eigenvalue weighted by Gasteiger charge is -2.33. The normalized spacial score (nSPS) is 30.1. The van der Waals surface area contributed by atoms with Gasteiger partial charge in [-0.15, -0.1) is 0 Å². The molecule has 0 aromatic heterocycles. The van der Waals surface area contributed by atoms with Crippen molar-refractivity contribution in [2.75, 3.05) is 0 Å². The van der Waals surface area contributed by atoms with E-state index >= 15 is 0 Å². The van der Waals surface area contributed by atoms with Crippen LogP contribution in [0.2, 0.25) is 0 Å². The molecule has 0 saturated heterocycles. The van der Waals surface area contributed by atoms with Gasteiger partial charge in [0.15, 0.2) is 0 Å². The van der Waals surface area contributed by atoms with Crippen LogP contribution < -0.4 is 0 Å². The first-order valence-corrected chi connectivity index (χ1v) is 4.76. The van der Waals surface area contributed by atoms with Gasteiger partial charge in [-0.2, -0.15) is 0 Å². The monoisotopic (exact) mass is 190 g/mol. The third kappa shape index (κ3) is 1.15. The molecule has 0 heterocycles. The van der Waals surface area contributed by atoms with Gasteiger partial charge in [0.1, 0.15) is 5.75 Å². The summed E-state index contributed by atoms with van der Waals surface area (Å²) in [6.45, 7) is 3.67. The van der Waals surface area contributed by atoms with Crippen LogP contribution in [-0.2, 0) is 5.60 Å². The Morgan fingerprint density at radius 1 is 1.36 bits per heavy atom. The van der Waals surface area contributed by atoms with Crippen LogP contribution in [0.25, 0.3) is 6.08 Å². The maximum Gasteiger partial charge on any atom is 0.122 e. The second-order valence-electron chi connectivity index (χ2n) is 4.04. The molecule has 1 aliphatic carbocycles.